The van der Waals surface area contributed by atoms with E-state index in [1.54, 1.807) is 0 Å². The molecule has 1 aliphatic carbocycles. The number of benzene rings is 1. The lowest BCUT2D eigenvalue weighted by atomic mass is 9.93. The standard InChI is InChI=1S/C16H21ClN2O/c1-11-16(20)19(14-8-3-2-4-9-14)15(18-11)12-6-5-7-13(17)10-12/h5-7,10-11,14-15,18H,2-4,8-9H2,1H3. The van der Waals surface area contributed by atoms with Crippen molar-refractivity contribution < 1.29 is 4.79 Å². The lowest BCUT2D eigenvalue weighted by molar-refractivity contribution is -0.132. The van der Waals surface area contributed by atoms with Crippen LogP contribution in [0.15, 0.2) is 24.3 Å². The van der Waals surface area contributed by atoms with Crippen LogP contribution in [0.5, 0.6) is 0 Å². The van der Waals surface area contributed by atoms with Gasteiger partial charge >= 0.3 is 0 Å². The summed E-state index contributed by atoms with van der Waals surface area (Å²) in [6.07, 6.45) is 5.97. The number of nitrogens with one attached hydrogen (secondary N) is 1. The molecule has 4 heteroatoms. The molecule has 2 fully saturated rings. The molecule has 1 amide bonds. The summed E-state index contributed by atoms with van der Waals surface area (Å²) < 4.78 is 0. The van der Waals surface area contributed by atoms with Crippen molar-refractivity contribution >= 4 is 17.5 Å². The molecule has 0 radical (unpaired) electrons. The average Bonchev–Trinajstić information content (AvgIpc) is 2.76. The third-order valence-corrected chi connectivity index (χ3v) is 4.68. The minimum atomic E-state index is -0.110. The van der Waals surface area contributed by atoms with E-state index in [1.807, 2.05) is 31.2 Å². The van der Waals surface area contributed by atoms with E-state index in [0.29, 0.717) is 6.04 Å². The molecule has 1 aromatic carbocycles. The van der Waals surface area contributed by atoms with Crippen LogP contribution >= 0.6 is 11.6 Å². The molecular weight excluding hydrogens is 272 g/mol. The van der Waals surface area contributed by atoms with Crippen LogP contribution in [0.4, 0.5) is 0 Å². The highest BCUT2D eigenvalue weighted by Crippen LogP contribution is 2.34. The smallest absolute Gasteiger partial charge is 0.241 e. The molecule has 3 rings (SSSR count). The van der Waals surface area contributed by atoms with Crippen LogP contribution < -0.4 is 5.32 Å². The summed E-state index contributed by atoms with van der Waals surface area (Å²) in [5, 5.41) is 4.13. The minimum absolute atomic E-state index is 0.0284. The summed E-state index contributed by atoms with van der Waals surface area (Å²) in [4.78, 5) is 14.6. The second-order valence-corrected chi connectivity index (χ2v) is 6.32. The van der Waals surface area contributed by atoms with Gasteiger partial charge in [0.1, 0.15) is 6.17 Å². The van der Waals surface area contributed by atoms with Gasteiger partial charge in [-0.25, -0.2) is 0 Å². The molecular formula is C16H21ClN2O. The van der Waals surface area contributed by atoms with E-state index >= 15 is 0 Å². The average molecular weight is 293 g/mol. The minimum Gasteiger partial charge on any atom is -0.319 e. The van der Waals surface area contributed by atoms with Gasteiger partial charge in [0.25, 0.3) is 0 Å². The van der Waals surface area contributed by atoms with E-state index in [1.165, 1.54) is 19.3 Å². The molecule has 2 aliphatic rings. The van der Waals surface area contributed by atoms with Crippen molar-refractivity contribution in [1.82, 2.24) is 10.2 Å². The summed E-state index contributed by atoms with van der Waals surface area (Å²) in [6, 6.07) is 8.09. The number of amides is 1. The number of carbonyl (C=O) groups is 1. The zero-order valence-corrected chi connectivity index (χ0v) is 12.6. The van der Waals surface area contributed by atoms with E-state index in [-0.39, 0.29) is 18.1 Å². The first kappa shape index (κ1) is 13.9. The van der Waals surface area contributed by atoms with Crippen LogP contribution in [0.2, 0.25) is 5.02 Å². The van der Waals surface area contributed by atoms with Crippen molar-refractivity contribution in [3.05, 3.63) is 34.9 Å². The highest BCUT2D eigenvalue weighted by Gasteiger charge is 2.41. The van der Waals surface area contributed by atoms with Gasteiger partial charge in [0.2, 0.25) is 5.91 Å². The number of nitrogens with zero attached hydrogens (tertiary/aromatic N) is 1. The molecule has 1 heterocycles. The highest BCUT2D eigenvalue weighted by molar-refractivity contribution is 6.30. The van der Waals surface area contributed by atoms with E-state index in [9.17, 15) is 4.79 Å². The fourth-order valence-electron chi connectivity index (χ4n) is 3.42. The third kappa shape index (κ3) is 2.57. The predicted octanol–water partition coefficient (Wildman–Crippen LogP) is 3.49. The fourth-order valence-corrected chi connectivity index (χ4v) is 3.62. The first-order valence-corrected chi connectivity index (χ1v) is 7.88. The summed E-state index contributed by atoms with van der Waals surface area (Å²) in [7, 11) is 0. The number of halogens is 1. The van der Waals surface area contributed by atoms with Crippen molar-refractivity contribution in [2.45, 2.75) is 57.3 Å². The second-order valence-electron chi connectivity index (χ2n) is 5.88. The van der Waals surface area contributed by atoms with E-state index in [4.69, 9.17) is 11.6 Å². The fraction of sp³-hybridized carbons (Fsp3) is 0.562. The maximum atomic E-state index is 12.5. The Kier molecular flexibility index (Phi) is 3.99. The first-order valence-electron chi connectivity index (χ1n) is 7.50. The molecule has 1 N–H and O–H groups in total. The highest BCUT2D eigenvalue weighted by atomic mass is 35.5. The van der Waals surface area contributed by atoms with Crippen molar-refractivity contribution in [3.8, 4) is 0 Å². The molecule has 1 saturated heterocycles. The Balaban J connectivity index is 1.89. The molecule has 3 nitrogen and oxygen atoms in total. The number of hydrogen-bond acceptors (Lipinski definition) is 2. The molecule has 0 aromatic heterocycles. The van der Waals surface area contributed by atoms with Crippen LogP contribution in [-0.2, 0) is 4.79 Å². The van der Waals surface area contributed by atoms with Gasteiger partial charge in [-0.2, -0.15) is 0 Å². The Morgan fingerprint density at radius 1 is 1.25 bits per heavy atom. The van der Waals surface area contributed by atoms with Gasteiger partial charge in [-0.05, 0) is 37.5 Å². The SMILES string of the molecule is CC1NC(c2cccc(Cl)c2)N(C2CCCCC2)C1=O. The van der Waals surface area contributed by atoms with E-state index in [0.717, 1.165) is 23.4 Å². The van der Waals surface area contributed by atoms with Crippen molar-refractivity contribution in [1.29, 1.82) is 0 Å². The van der Waals surface area contributed by atoms with Crippen molar-refractivity contribution in [2.75, 3.05) is 0 Å². The lowest BCUT2D eigenvalue weighted by Crippen LogP contribution is -2.41. The quantitative estimate of drug-likeness (QED) is 0.905. The van der Waals surface area contributed by atoms with Gasteiger partial charge in [-0.15, -0.1) is 0 Å². The Labute approximate surface area is 125 Å². The number of hydrogen-bond donors (Lipinski definition) is 1. The summed E-state index contributed by atoms with van der Waals surface area (Å²) in [6.45, 7) is 1.95. The molecule has 1 aromatic rings. The Morgan fingerprint density at radius 2 is 2.00 bits per heavy atom. The maximum absolute atomic E-state index is 12.5. The van der Waals surface area contributed by atoms with Crippen LogP contribution in [0.1, 0.15) is 50.8 Å². The summed E-state index contributed by atoms with van der Waals surface area (Å²) in [5.74, 6) is 0.224. The van der Waals surface area contributed by atoms with Gasteiger partial charge in [0.15, 0.2) is 0 Å². The predicted molar refractivity (Wildman–Crippen MR) is 80.5 cm³/mol. The largest absolute Gasteiger partial charge is 0.319 e. The van der Waals surface area contributed by atoms with E-state index in [2.05, 4.69) is 10.2 Å². The zero-order chi connectivity index (χ0) is 14.1. The number of rotatable bonds is 2. The third-order valence-electron chi connectivity index (χ3n) is 4.44. The van der Waals surface area contributed by atoms with Gasteiger partial charge in [0, 0.05) is 11.1 Å². The van der Waals surface area contributed by atoms with Crippen LogP contribution in [-0.4, -0.2) is 22.9 Å². The summed E-state index contributed by atoms with van der Waals surface area (Å²) >= 11 is 6.10. The van der Waals surface area contributed by atoms with Crippen molar-refractivity contribution in [2.24, 2.45) is 0 Å². The van der Waals surface area contributed by atoms with E-state index < -0.39 is 0 Å². The molecule has 1 saturated carbocycles. The Hall–Kier alpha value is -1.06. The first-order chi connectivity index (χ1) is 9.66. The number of carbonyl (C=O) groups excluding carboxylic acids is 1. The van der Waals surface area contributed by atoms with Gasteiger partial charge in [-0.1, -0.05) is 43.0 Å². The topological polar surface area (TPSA) is 32.3 Å². The molecule has 0 spiro atoms. The normalized spacial score (nSPS) is 28.1. The van der Waals surface area contributed by atoms with Crippen molar-refractivity contribution in [3.63, 3.8) is 0 Å². The Bertz CT molecular complexity index is 499. The molecule has 108 valence electrons. The molecule has 0 bridgehead atoms. The lowest BCUT2D eigenvalue weighted by Gasteiger charge is -2.35. The molecule has 20 heavy (non-hydrogen) atoms. The van der Waals surface area contributed by atoms with Crippen LogP contribution in [0, 0.1) is 0 Å². The maximum Gasteiger partial charge on any atom is 0.241 e. The zero-order valence-electron chi connectivity index (χ0n) is 11.8. The van der Waals surface area contributed by atoms with Crippen LogP contribution in [0.25, 0.3) is 0 Å². The Morgan fingerprint density at radius 3 is 2.70 bits per heavy atom. The monoisotopic (exact) mass is 292 g/mol. The second kappa shape index (κ2) is 5.74. The van der Waals surface area contributed by atoms with Gasteiger partial charge in [-0.3, -0.25) is 10.1 Å². The van der Waals surface area contributed by atoms with Gasteiger partial charge < -0.3 is 4.90 Å². The molecule has 2 unspecified atom stereocenters. The summed E-state index contributed by atoms with van der Waals surface area (Å²) in [5.41, 5.74) is 1.08. The van der Waals surface area contributed by atoms with Crippen LogP contribution in [0.3, 0.4) is 0 Å². The molecule has 2 atom stereocenters. The molecule has 1 aliphatic heterocycles. The van der Waals surface area contributed by atoms with Gasteiger partial charge in [0.05, 0.1) is 6.04 Å².